The zero-order chi connectivity index (χ0) is 18.0. The number of esters is 1. The first-order valence-electron chi connectivity index (χ1n) is 8.52. The fourth-order valence-corrected chi connectivity index (χ4v) is 3.08. The largest absolute Gasteiger partial charge is 0.466 e. The maximum absolute atomic E-state index is 11.9. The number of ether oxygens (including phenoxy) is 1. The van der Waals surface area contributed by atoms with Gasteiger partial charge in [0.2, 0.25) is 10.0 Å². The van der Waals surface area contributed by atoms with Crippen LogP contribution in [0.4, 0.5) is 0 Å². The summed E-state index contributed by atoms with van der Waals surface area (Å²) in [6.07, 6.45) is 3.53. The molecule has 0 aromatic rings. The summed E-state index contributed by atoms with van der Waals surface area (Å²) in [4.78, 5) is 18.6. The van der Waals surface area contributed by atoms with Gasteiger partial charge in [-0.25, -0.2) is 13.1 Å². The van der Waals surface area contributed by atoms with E-state index in [1.54, 1.807) is 0 Å². The van der Waals surface area contributed by atoms with E-state index in [9.17, 15) is 13.2 Å². The van der Waals surface area contributed by atoms with Crippen molar-refractivity contribution in [1.29, 1.82) is 0 Å². The third-order valence-electron chi connectivity index (χ3n) is 3.64. The van der Waals surface area contributed by atoms with Crippen LogP contribution in [0.15, 0.2) is 4.99 Å². The Balaban J connectivity index is 0.00000576. The maximum Gasteiger partial charge on any atom is 0.310 e. The predicted molar refractivity (Wildman–Crippen MR) is 110 cm³/mol. The lowest BCUT2D eigenvalue weighted by atomic mass is 9.98. The van der Waals surface area contributed by atoms with Crippen molar-refractivity contribution < 1.29 is 17.9 Å². The molecule has 2 N–H and O–H groups in total. The molecule has 1 heterocycles. The smallest absolute Gasteiger partial charge is 0.310 e. The second-order valence-electron chi connectivity index (χ2n) is 5.79. The minimum atomic E-state index is -3.15. The Morgan fingerprint density at radius 3 is 2.68 bits per heavy atom. The van der Waals surface area contributed by atoms with Gasteiger partial charge in [-0.3, -0.25) is 9.79 Å². The lowest BCUT2D eigenvalue weighted by molar-refractivity contribution is -0.149. The highest BCUT2D eigenvalue weighted by atomic mass is 127. The first kappa shape index (κ1) is 24.4. The fourth-order valence-electron chi connectivity index (χ4n) is 2.57. The number of nitrogens with one attached hydrogen (secondary N) is 2. The molecule has 1 atom stereocenters. The SMILES string of the molecule is CCNC(=NCCCNS(C)(=O)=O)N1CCCC(C(=O)OCC)C1.I. The van der Waals surface area contributed by atoms with Gasteiger partial charge in [0.25, 0.3) is 0 Å². The van der Waals surface area contributed by atoms with E-state index in [4.69, 9.17) is 4.74 Å². The highest BCUT2D eigenvalue weighted by Gasteiger charge is 2.28. The Hall–Kier alpha value is -0.620. The number of rotatable bonds is 8. The van der Waals surface area contributed by atoms with Crippen molar-refractivity contribution >= 4 is 45.9 Å². The van der Waals surface area contributed by atoms with Gasteiger partial charge in [-0.15, -0.1) is 24.0 Å². The number of hydrogen-bond donors (Lipinski definition) is 2. The highest BCUT2D eigenvalue weighted by Crippen LogP contribution is 2.18. The lowest BCUT2D eigenvalue weighted by Gasteiger charge is -2.34. The lowest BCUT2D eigenvalue weighted by Crippen LogP contribution is -2.48. The summed E-state index contributed by atoms with van der Waals surface area (Å²) in [6, 6.07) is 0. The molecule has 0 aromatic heterocycles. The third-order valence-corrected chi connectivity index (χ3v) is 4.36. The molecule has 1 fully saturated rings. The van der Waals surface area contributed by atoms with Crippen molar-refractivity contribution in [2.45, 2.75) is 33.1 Å². The van der Waals surface area contributed by atoms with Crippen LogP contribution in [0.25, 0.3) is 0 Å². The minimum absolute atomic E-state index is 0. The van der Waals surface area contributed by atoms with Crippen LogP contribution >= 0.6 is 24.0 Å². The number of piperidine rings is 1. The molecular formula is C15H31IN4O4S. The molecule has 8 nitrogen and oxygen atoms in total. The summed E-state index contributed by atoms with van der Waals surface area (Å²) >= 11 is 0. The van der Waals surface area contributed by atoms with Gasteiger partial charge in [0, 0.05) is 32.7 Å². The van der Waals surface area contributed by atoms with E-state index >= 15 is 0 Å². The number of hydrogen-bond acceptors (Lipinski definition) is 5. The maximum atomic E-state index is 11.9. The monoisotopic (exact) mass is 490 g/mol. The normalized spacial score (nSPS) is 18.4. The van der Waals surface area contributed by atoms with Gasteiger partial charge in [0.05, 0.1) is 18.8 Å². The molecule has 0 saturated carbocycles. The molecule has 0 aliphatic carbocycles. The van der Waals surface area contributed by atoms with E-state index in [1.807, 2.05) is 13.8 Å². The quantitative estimate of drug-likeness (QED) is 0.172. The molecule has 0 bridgehead atoms. The Kier molecular flexibility index (Phi) is 12.4. The molecule has 0 radical (unpaired) electrons. The Morgan fingerprint density at radius 1 is 1.36 bits per heavy atom. The van der Waals surface area contributed by atoms with Gasteiger partial charge < -0.3 is 15.0 Å². The van der Waals surface area contributed by atoms with Crippen LogP contribution in [0.1, 0.15) is 33.1 Å². The van der Waals surface area contributed by atoms with Crippen molar-refractivity contribution in [1.82, 2.24) is 14.9 Å². The molecule has 1 aliphatic heterocycles. The predicted octanol–water partition coefficient (Wildman–Crippen LogP) is 0.784. The van der Waals surface area contributed by atoms with Gasteiger partial charge in [0.15, 0.2) is 5.96 Å². The molecular weight excluding hydrogens is 459 g/mol. The van der Waals surface area contributed by atoms with Gasteiger partial charge in [-0.05, 0) is 33.1 Å². The zero-order valence-electron chi connectivity index (χ0n) is 15.3. The summed E-state index contributed by atoms with van der Waals surface area (Å²) in [7, 11) is -3.15. The van der Waals surface area contributed by atoms with Gasteiger partial charge >= 0.3 is 5.97 Å². The molecule has 1 unspecified atom stereocenters. The number of carbonyl (C=O) groups excluding carboxylic acids is 1. The standard InChI is InChI=1S/C15H30N4O4S.HI/c1-4-16-15(17-9-7-10-18-24(3,21)22)19-11-6-8-13(12-19)14(20)23-5-2;/h13,18H,4-12H2,1-3H3,(H,16,17);1H. The molecule has 1 saturated heterocycles. The van der Waals surface area contributed by atoms with E-state index in [1.165, 1.54) is 0 Å². The van der Waals surface area contributed by atoms with E-state index in [0.29, 0.717) is 32.7 Å². The molecule has 0 amide bonds. The van der Waals surface area contributed by atoms with Crippen molar-refractivity contribution in [3.05, 3.63) is 0 Å². The van der Waals surface area contributed by atoms with Crippen LogP contribution in [0.5, 0.6) is 0 Å². The molecule has 1 rings (SSSR count). The molecule has 148 valence electrons. The number of aliphatic imine (C=N–C) groups is 1. The second-order valence-corrected chi connectivity index (χ2v) is 7.63. The van der Waals surface area contributed by atoms with Crippen molar-refractivity contribution in [2.24, 2.45) is 10.9 Å². The second kappa shape index (κ2) is 12.7. The number of carbonyl (C=O) groups is 1. The van der Waals surface area contributed by atoms with Gasteiger partial charge in [-0.1, -0.05) is 0 Å². The van der Waals surface area contributed by atoms with Crippen LogP contribution in [-0.4, -0.2) is 70.8 Å². The van der Waals surface area contributed by atoms with Crippen molar-refractivity contribution in [3.63, 3.8) is 0 Å². The van der Waals surface area contributed by atoms with Crippen LogP contribution in [-0.2, 0) is 19.6 Å². The topological polar surface area (TPSA) is 100 Å². The average Bonchev–Trinajstić information content (AvgIpc) is 2.53. The Bertz CT molecular complexity index is 528. The van der Waals surface area contributed by atoms with E-state index < -0.39 is 10.0 Å². The van der Waals surface area contributed by atoms with E-state index in [0.717, 1.165) is 38.1 Å². The Morgan fingerprint density at radius 2 is 2.08 bits per heavy atom. The highest BCUT2D eigenvalue weighted by molar-refractivity contribution is 14.0. The van der Waals surface area contributed by atoms with Crippen LogP contribution in [0, 0.1) is 5.92 Å². The minimum Gasteiger partial charge on any atom is -0.466 e. The van der Waals surface area contributed by atoms with Gasteiger partial charge in [0.1, 0.15) is 0 Å². The number of sulfonamides is 1. The Labute approximate surface area is 168 Å². The van der Waals surface area contributed by atoms with Crippen LogP contribution in [0.2, 0.25) is 0 Å². The first-order chi connectivity index (χ1) is 11.4. The van der Waals surface area contributed by atoms with Crippen LogP contribution < -0.4 is 10.0 Å². The van der Waals surface area contributed by atoms with Crippen molar-refractivity contribution in [3.8, 4) is 0 Å². The number of halogens is 1. The summed E-state index contributed by atoms with van der Waals surface area (Å²) in [5.41, 5.74) is 0. The summed E-state index contributed by atoms with van der Waals surface area (Å²) < 4.78 is 29.6. The molecule has 1 aliphatic rings. The fraction of sp³-hybridized carbons (Fsp3) is 0.867. The van der Waals surface area contributed by atoms with E-state index in [2.05, 4.69) is 19.9 Å². The van der Waals surface area contributed by atoms with E-state index in [-0.39, 0.29) is 35.9 Å². The van der Waals surface area contributed by atoms with Gasteiger partial charge in [-0.2, -0.15) is 0 Å². The average molecular weight is 490 g/mol. The molecule has 10 heteroatoms. The third kappa shape index (κ3) is 10.2. The summed E-state index contributed by atoms with van der Waals surface area (Å²) in [5.74, 6) is 0.510. The number of nitrogens with zero attached hydrogens (tertiary/aromatic N) is 2. The van der Waals surface area contributed by atoms with Crippen molar-refractivity contribution in [2.75, 3.05) is 45.6 Å². The zero-order valence-corrected chi connectivity index (χ0v) is 18.4. The summed E-state index contributed by atoms with van der Waals surface area (Å²) in [6.45, 7) is 7.29. The number of likely N-dealkylation sites (tertiary alicyclic amines) is 1. The van der Waals surface area contributed by atoms with Crippen LogP contribution in [0.3, 0.4) is 0 Å². The molecule has 0 aromatic carbocycles. The molecule has 25 heavy (non-hydrogen) atoms. The first-order valence-corrected chi connectivity index (χ1v) is 10.4. The molecule has 0 spiro atoms. The summed E-state index contributed by atoms with van der Waals surface area (Å²) in [5, 5.41) is 3.24. The number of guanidine groups is 1.